The number of carbonyl (C=O) groups excluding carboxylic acids is 4. The van der Waals surface area contributed by atoms with E-state index in [1.54, 1.807) is 146 Å². The van der Waals surface area contributed by atoms with Gasteiger partial charge in [0.2, 0.25) is 0 Å². The molecule has 16 aromatic carbocycles. The number of anilines is 4. The standard InChI is InChI=1S/C65H44.C61H40N4O4/c1-5-49-9-17-53(18-10-49)25-29-57-33-41-61(42-34-57)65(62-43-35-58(36-44-62)30-26-54-19-11-50(6-2)12-20-54,63-45-37-59(38-46-63)31-27-55-21-13-51(7-3)14-22-55)64-47-39-60(40-48-64)32-28-56-23-15-52(8-4)16-24-56;1-5-41-13-9-17-53(37-41)62-57(66)45-21-29-49(30-22-45)61(50-31-23-46(24-32-50)58(67)63-54-18-10-14-42(6-2)38-54,51-33-25-47(26-34-51)59(68)64-55-19-11-15-43(7-3)39-55)52-35-27-48(28-36-52)60(69)65-56-20-12-16-44(8-4)40-56/h1-4,9-48H;1-4,9-40H,(H,62,66)(H,63,67)(H,64,68)(H,65,69)/b29-25+,30-26+,31-27+,32-28+;. The van der Waals surface area contributed by atoms with Crippen LogP contribution >= 0.6 is 0 Å². The summed E-state index contributed by atoms with van der Waals surface area (Å²) in [6.45, 7) is 0. The van der Waals surface area contributed by atoms with Crippen molar-refractivity contribution in [3.63, 3.8) is 0 Å². The maximum atomic E-state index is 13.7. The van der Waals surface area contributed by atoms with Gasteiger partial charge in [0.25, 0.3) is 23.6 Å². The van der Waals surface area contributed by atoms with Crippen molar-refractivity contribution in [2.75, 3.05) is 21.3 Å². The van der Waals surface area contributed by atoms with Crippen molar-refractivity contribution in [1.29, 1.82) is 0 Å². The lowest BCUT2D eigenvalue weighted by atomic mass is 9.64. The zero-order valence-electron chi connectivity index (χ0n) is 72.8. The second-order valence-electron chi connectivity index (χ2n) is 31.4. The maximum Gasteiger partial charge on any atom is 0.255 e. The molecule has 4 N–H and O–H groups in total. The Bertz CT molecular complexity index is 6620. The molecule has 0 aliphatic rings. The summed E-state index contributed by atoms with van der Waals surface area (Å²) < 4.78 is 0. The first-order chi connectivity index (χ1) is 65.5. The van der Waals surface area contributed by atoms with Gasteiger partial charge in [0.15, 0.2) is 0 Å². The molecular formula is C126H84N4O4. The molecule has 8 nitrogen and oxygen atoms in total. The van der Waals surface area contributed by atoms with Gasteiger partial charge in [-0.3, -0.25) is 19.2 Å². The molecule has 0 aliphatic heterocycles. The van der Waals surface area contributed by atoms with Gasteiger partial charge in [-0.15, -0.1) is 51.4 Å². The SMILES string of the molecule is C#Cc1ccc(/C=C/c2ccc(C(c3ccc(/C=C/c4ccc(C#C)cc4)cc3)(c3ccc(/C=C/c4ccc(C#C)cc4)cc3)c3ccc(/C=C/c4ccc(C#C)cc4)cc3)cc2)cc1.C#Cc1cccc(NC(=O)c2ccc(C(c3ccc(C(=O)Nc4cccc(C#C)c4)cc3)(c3ccc(C(=O)Nc4cccc(C#C)c4)cc3)c3ccc(C(=O)Nc4cccc(C#C)c4)cc3)cc2)c1. The van der Waals surface area contributed by atoms with E-state index in [1.807, 2.05) is 146 Å². The number of hydrogen-bond donors (Lipinski definition) is 4. The Labute approximate surface area is 783 Å². The van der Waals surface area contributed by atoms with E-state index >= 15 is 0 Å². The van der Waals surface area contributed by atoms with Crippen LogP contribution in [-0.2, 0) is 10.8 Å². The average molecular weight is 1720 g/mol. The van der Waals surface area contributed by atoms with Gasteiger partial charge in [0.05, 0.1) is 10.8 Å². The molecule has 0 saturated heterocycles. The van der Waals surface area contributed by atoms with Crippen molar-refractivity contribution in [1.82, 2.24) is 0 Å². The molecule has 134 heavy (non-hydrogen) atoms. The van der Waals surface area contributed by atoms with Gasteiger partial charge in [-0.2, -0.15) is 0 Å². The molecule has 0 aliphatic carbocycles. The molecule has 0 saturated carbocycles. The van der Waals surface area contributed by atoms with E-state index in [0.29, 0.717) is 67.3 Å². The van der Waals surface area contributed by atoms with Crippen molar-refractivity contribution in [3.05, 3.63) is 544 Å². The van der Waals surface area contributed by atoms with Gasteiger partial charge in [-0.1, -0.05) is 314 Å². The summed E-state index contributed by atoms with van der Waals surface area (Å²) in [5.41, 5.74) is 23.9. The van der Waals surface area contributed by atoms with E-state index in [0.717, 1.165) is 111 Å². The number of nitrogens with one attached hydrogen (secondary N) is 4. The first-order valence-electron chi connectivity index (χ1n) is 42.9. The molecule has 0 aromatic heterocycles. The minimum Gasteiger partial charge on any atom is -0.322 e. The molecule has 0 unspecified atom stereocenters. The van der Waals surface area contributed by atoms with Crippen LogP contribution in [0.2, 0.25) is 0 Å². The Morgan fingerprint density at radius 2 is 0.321 bits per heavy atom. The first-order valence-corrected chi connectivity index (χ1v) is 42.9. The number of terminal acetylenes is 8. The maximum absolute atomic E-state index is 13.7. The third kappa shape index (κ3) is 21.4. The van der Waals surface area contributed by atoms with Crippen LogP contribution in [0.25, 0.3) is 48.6 Å². The second kappa shape index (κ2) is 42.4. The largest absolute Gasteiger partial charge is 0.322 e. The Kier molecular flexibility index (Phi) is 28.4. The number of rotatable bonds is 24. The summed E-state index contributed by atoms with van der Waals surface area (Å²) in [6, 6.07) is 125. The third-order valence-electron chi connectivity index (χ3n) is 23.0. The lowest BCUT2D eigenvalue weighted by Crippen LogP contribution is -2.31. The van der Waals surface area contributed by atoms with Gasteiger partial charge in [0.1, 0.15) is 0 Å². The molecule has 0 heterocycles. The highest BCUT2D eigenvalue weighted by Crippen LogP contribution is 2.48. The Morgan fingerprint density at radius 1 is 0.179 bits per heavy atom. The van der Waals surface area contributed by atoms with Crippen LogP contribution in [0, 0.1) is 98.8 Å². The van der Waals surface area contributed by atoms with E-state index in [1.165, 1.54) is 0 Å². The quantitative estimate of drug-likeness (QED) is 0.0274. The minimum absolute atomic E-state index is 0.351. The normalized spacial score (nSPS) is 10.9. The van der Waals surface area contributed by atoms with E-state index in [4.69, 9.17) is 51.4 Å². The van der Waals surface area contributed by atoms with Crippen LogP contribution in [0.1, 0.15) is 175 Å². The molecule has 0 fully saturated rings. The van der Waals surface area contributed by atoms with Crippen LogP contribution < -0.4 is 21.3 Å². The number of carbonyl (C=O) groups is 4. The fourth-order valence-corrected chi connectivity index (χ4v) is 16.0. The number of benzene rings is 16. The topological polar surface area (TPSA) is 116 Å². The molecule has 4 amide bonds. The van der Waals surface area contributed by atoms with Gasteiger partial charge >= 0.3 is 0 Å². The fraction of sp³-hybridized carbons (Fsp3) is 0.0159. The lowest BCUT2D eigenvalue weighted by Gasteiger charge is -2.37. The van der Waals surface area contributed by atoms with Crippen molar-refractivity contribution in [2.24, 2.45) is 0 Å². The molecule has 632 valence electrons. The summed E-state index contributed by atoms with van der Waals surface area (Å²) in [5.74, 6) is 19.7. The van der Waals surface area contributed by atoms with Gasteiger partial charge < -0.3 is 21.3 Å². The van der Waals surface area contributed by atoms with Crippen molar-refractivity contribution < 1.29 is 19.2 Å². The highest BCUT2D eigenvalue weighted by atomic mass is 16.2. The Morgan fingerprint density at radius 3 is 0.470 bits per heavy atom. The van der Waals surface area contributed by atoms with E-state index in [9.17, 15) is 19.2 Å². The van der Waals surface area contributed by atoms with Crippen LogP contribution in [0.3, 0.4) is 0 Å². The monoisotopic (exact) mass is 1720 g/mol. The molecule has 16 aromatic rings. The third-order valence-corrected chi connectivity index (χ3v) is 23.0. The van der Waals surface area contributed by atoms with Gasteiger partial charge in [-0.05, 0) is 259 Å². The van der Waals surface area contributed by atoms with E-state index in [2.05, 4.69) is 214 Å². The van der Waals surface area contributed by atoms with E-state index in [-0.39, 0.29) is 23.6 Å². The number of hydrogen-bond acceptors (Lipinski definition) is 4. The fourth-order valence-electron chi connectivity index (χ4n) is 16.0. The summed E-state index contributed by atoms with van der Waals surface area (Å²) >= 11 is 0. The smallest absolute Gasteiger partial charge is 0.255 e. The lowest BCUT2D eigenvalue weighted by molar-refractivity contribution is 0.101. The van der Waals surface area contributed by atoms with Crippen LogP contribution in [0.15, 0.2) is 388 Å². The van der Waals surface area contributed by atoms with Crippen LogP contribution in [0.5, 0.6) is 0 Å². The summed E-state index contributed by atoms with van der Waals surface area (Å²) in [6.07, 6.45) is 61.9. The highest BCUT2D eigenvalue weighted by Gasteiger charge is 2.41. The molecule has 8 heteroatoms. The molecule has 0 bridgehead atoms. The number of amides is 4. The average Bonchev–Trinajstić information content (AvgIpc) is 0.738. The molecule has 16 rings (SSSR count). The zero-order chi connectivity index (χ0) is 93.2. The zero-order valence-corrected chi connectivity index (χ0v) is 72.8. The summed E-state index contributed by atoms with van der Waals surface area (Å²) in [7, 11) is 0. The molecular weight excluding hydrogens is 1630 g/mol. The molecule has 0 atom stereocenters. The second-order valence-corrected chi connectivity index (χ2v) is 31.4. The van der Waals surface area contributed by atoms with Crippen molar-refractivity contribution in [2.45, 2.75) is 10.8 Å². The predicted octanol–water partition coefficient (Wildman–Crippen LogP) is 25.7. The van der Waals surface area contributed by atoms with Crippen molar-refractivity contribution in [3.8, 4) is 98.8 Å². The highest BCUT2D eigenvalue weighted by molar-refractivity contribution is 6.07. The minimum atomic E-state index is -1.18. The first kappa shape index (κ1) is 89.7. The van der Waals surface area contributed by atoms with Gasteiger partial charge in [-0.25, -0.2) is 0 Å². The summed E-state index contributed by atoms with van der Waals surface area (Å²) in [5, 5.41) is 11.7. The molecule has 0 radical (unpaired) electrons. The Hall–Kier alpha value is -19.2. The van der Waals surface area contributed by atoms with Gasteiger partial charge in [0, 0.05) is 89.5 Å². The molecule has 0 spiro atoms. The summed E-state index contributed by atoms with van der Waals surface area (Å²) in [4.78, 5) is 54.7. The van der Waals surface area contributed by atoms with Crippen molar-refractivity contribution >= 4 is 95.0 Å². The van der Waals surface area contributed by atoms with E-state index < -0.39 is 10.8 Å². The predicted molar refractivity (Wildman–Crippen MR) is 552 cm³/mol. The Balaban J connectivity index is 0.000000205. The van der Waals surface area contributed by atoms with Crippen LogP contribution in [0.4, 0.5) is 22.7 Å². The van der Waals surface area contributed by atoms with Crippen LogP contribution in [-0.4, -0.2) is 23.6 Å².